The lowest BCUT2D eigenvalue weighted by molar-refractivity contribution is 0.551. The van der Waals surface area contributed by atoms with Gasteiger partial charge >= 0.3 is 0 Å². The molecule has 0 spiro atoms. The van der Waals surface area contributed by atoms with Gasteiger partial charge in [0.05, 0.1) is 25.8 Å². The first kappa shape index (κ1) is 18.8. The lowest BCUT2D eigenvalue weighted by Crippen LogP contribution is -2.26. The van der Waals surface area contributed by atoms with Gasteiger partial charge in [0.25, 0.3) is 0 Å². The summed E-state index contributed by atoms with van der Waals surface area (Å²) in [5, 5.41) is 5.10. The number of nitrogens with one attached hydrogen (secondary N) is 1. The molecule has 0 aliphatic rings. The molecule has 0 amide bonds. The highest BCUT2D eigenvalue weighted by molar-refractivity contribution is 7.89. The number of aryl methyl sites for hydroxylation is 2. The molecule has 126 valence electrons. The smallest absolute Gasteiger partial charge is 0.242 e. The molecule has 23 heavy (non-hydrogen) atoms. The van der Waals surface area contributed by atoms with E-state index in [0.29, 0.717) is 18.0 Å². The molecule has 1 aromatic heterocycles. The predicted octanol–water partition coefficient (Wildman–Crippen LogP) is 4.17. The Morgan fingerprint density at radius 2 is 1.74 bits per heavy atom. The van der Waals surface area contributed by atoms with Crippen molar-refractivity contribution >= 4 is 56.4 Å². The summed E-state index contributed by atoms with van der Waals surface area (Å²) >= 11 is 23.5. The molecular weight excluding hydrogens is 404 g/mol. The van der Waals surface area contributed by atoms with Gasteiger partial charge in [-0.3, -0.25) is 4.68 Å². The summed E-state index contributed by atoms with van der Waals surface area (Å²) in [5.74, 6) is 0. The Hall–Kier alpha value is -0.500. The third-order valence-corrected chi connectivity index (χ3v) is 6.03. The van der Waals surface area contributed by atoms with Gasteiger partial charge in [0, 0.05) is 19.3 Å². The van der Waals surface area contributed by atoms with Gasteiger partial charge in [-0.15, -0.1) is 0 Å². The molecule has 1 heterocycles. The lowest BCUT2D eigenvalue weighted by atomic mass is 10.4. The molecule has 5 nitrogen and oxygen atoms in total. The fraction of sp³-hybridized carbons (Fsp3) is 0.308. The summed E-state index contributed by atoms with van der Waals surface area (Å²) in [6, 6.07) is 2.53. The topological polar surface area (TPSA) is 64.0 Å². The van der Waals surface area contributed by atoms with Gasteiger partial charge in [-0.1, -0.05) is 46.4 Å². The van der Waals surface area contributed by atoms with E-state index >= 15 is 0 Å². The summed E-state index contributed by atoms with van der Waals surface area (Å²) in [7, 11) is -3.77. The number of nitrogens with zero attached hydrogens (tertiary/aromatic N) is 2. The van der Waals surface area contributed by atoms with Crippen molar-refractivity contribution in [1.82, 2.24) is 14.5 Å². The van der Waals surface area contributed by atoms with Gasteiger partial charge in [0.1, 0.15) is 4.90 Å². The maximum atomic E-state index is 12.2. The first-order valence-corrected chi connectivity index (χ1v) is 9.54. The number of benzene rings is 1. The number of hydrogen-bond acceptors (Lipinski definition) is 3. The largest absolute Gasteiger partial charge is 0.271 e. The molecule has 0 aliphatic heterocycles. The van der Waals surface area contributed by atoms with Gasteiger partial charge in [-0.05, 0) is 25.5 Å². The van der Waals surface area contributed by atoms with Crippen LogP contribution in [0.4, 0.5) is 0 Å². The Morgan fingerprint density at radius 3 is 2.35 bits per heavy atom. The van der Waals surface area contributed by atoms with E-state index in [0.717, 1.165) is 5.69 Å². The molecule has 0 fully saturated rings. The first-order valence-electron chi connectivity index (χ1n) is 6.54. The predicted molar refractivity (Wildman–Crippen MR) is 93.3 cm³/mol. The number of rotatable bonds is 6. The van der Waals surface area contributed by atoms with Crippen LogP contribution < -0.4 is 4.72 Å². The fourth-order valence-electron chi connectivity index (χ4n) is 1.84. The number of halogens is 4. The molecule has 0 saturated carbocycles. The van der Waals surface area contributed by atoms with Crippen molar-refractivity contribution in [3.8, 4) is 0 Å². The van der Waals surface area contributed by atoms with E-state index in [1.165, 1.54) is 12.1 Å². The zero-order chi connectivity index (χ0) is 17.2. The average Bonchev–Trinajstić information content (AvgIpc) is 2.78. The Labute approximate surface area is 154 Å². The van der Waals surface area contributed by atoms with Crippen molar-refractivity contribution in [2.24, 2.45) is 0 Å². The van der Waals surface area contributed by atoms with Gasteiger partial charge in [0.2, 0.25) is 10.0 Å². The number of aromatic nitrogens is 2. The average molecular weight is 417 g/mol. The molecule has 1 aromatic carbocycles. The Kier molecular flexibility index (Phi) is 6.22. The Morgan fingerprint density at radius 1 is 1.09 bits per heavy atom. The monoisotopic (exact) mass is 415 g/mol. The maximum Gasteiger partial charge on any atom is 0.242 e. The second-order valence-corrected chi connectivity index (χ2v) is 8.14. The lowest BCUT2D eigenvalue weighted by Gasteiger charge is -2.09. The first-order chi connectivity index (χ1) is 10.7. The highest BCUT2D eigenvalue weighted by atomic mass is 35.5. The van der Waals surface area contributed by atoms with Crippen LogP contribution in [0.25, 0.3) is 0 Å². The van der Waals surface area contributed by atoms with Crippen molar-refractivity contribution in [3.05, 3.63) is 44.1 Å². The van der Waals surface area contributed by atoms with Crippen LogP contribution in [0.2, 0.25) is 20.1 Å². The summed E-state index contributed by atoms with van der Waals surface area (Å²) in [6.07, 6.45) is 2.23. The van der Waals surface area contributed by atoms with E-state index in [4.69, 9.17) is 46.4 Å². The highest BCUT2D eigenvalue weighted by Crippen LogP contribution is 2.31. The standard InChI is InChI=1S/C13H13Cl4N3O2S/c1-8-12(17)7-20(19-8)4-2-3-18-23(21,22)13-6-10(15)9(14)5-11(13)16/h5-7,18H,2-4H2,1H3. The Balaban J connectivity index is 1.98. The number of hydrogen-bond donors (Lipinski definition) is 1. The van der Waals surface area contributed by atoms with E-state index in [2.05, 4.69) is 9.82 Å². The van der Waals surface area contributed by atoms with Crippen LogP contribution in [-0.4, -0.2) is 24.7 Å². The van der Waals surface area contributed by atoms with Crippen molar-refractivity contribution < 1.29 is 8.42 Å². The molecule has 10 heteroatoms. The van der Waals surface area contributed by atoms with Crippen LogP contribution in [0.3, 0.4) is 0 Å². The molecule has 0 radical (unpaired) electrons. The molecule has 0 bridgehead atoms. The van der Waals surface area contributed by atoms with Crippen LogP contribution in [0.15, 0.2) is 23.2 Å². The van der Waals surface area contributed by atoms with Gasteiger partial charge < -0.3 is 0 Å². The molecule has 0 saturated heterocycles. The Bertz CT molecular complexity index is 801. The molecule has 2 rings (SSSR count). The fourth-order valence-corrected chi connectivity index (χ4v) is 4.07. The van der Waals surface area contributed by atoms with Crippen LogP contribution in [0.1, 0.15) is 12.1 Å². The maximum absolute atomic E-state index is 12.2. The van der Waals surface area contributed by atoms with E-state index in [1.807, 2.05) is 0 Å². The zero-order valence-electron chi connectivity index (χ0n) is 12.0. The van der Waals surface area contributed by atoms with Crippen LogP contribution in [0, 0.1) is 6.92 Å². The van der Waals surface area contributed by atoms with Crippen molar-refractivity contribution in [3.63, 3.8) is 0 Å². The van der Waals surface area contributed by atoms with E-state index in [-0.39, 0.29) is 26.5 Å². The third-order valence-electron chi connectivity index (χ3n) is 3.01. The molecule has 2 aromatic rings. The molecule has 0 aliphatic carbocycles. The minimum Gasteiger partial charge on any atom is -0.271 e. The normalized spacial score (nSPS) is 11.9. The van der Waals surface area contributed by atoms with Crippen LogP contribution in [-0.2, 0) is 16.6 Å². The number of sulfonamides is 1. The zero-order valence-corrected chi connectivity index (χ0v) is 15.8. The van der Waals surface area contributed by atoms with Gasteiger partial charge in [-0.2, -0.15) is 5.10 Å². The molecular formula is C13H13Cl4N3O2S. The third kappa shape index (κ3) is 4.75. The summed E-state index contributed by atoms with van der Waals surface area (Å²) in [5.41, 5.74) is 0.731. The summed E-state index contributed by atoms with van der Waals surface area (Å²) < 4.78 is 28.6. The van der Waals surface area contributed by atoms with E-state index < -0.39 is 10.0 Å². The molecule has 0 atom stereocenters. The van der Waals surface area contributed by atoms with Crippen molar-refractivity contribution in [2.75, 3.05) is 6.54 Å². The van der Waals surface area contributed by atoms with Crippen LogP contribution >= 0.6 is 46.4 Å². The van der Waals surface area contributed by atoms with E-state index in [9.17, 15) is 8.42 Å². The van der Waals surface area contributed by atoms with Gasteiger partial charge in [0.15, 0.2) is 0 Å². The molecule has 1 N–H and O–H groups in total. The van der Waals surface area contributed by atoms with Gasteiger partial charge in [-0.25, -0.2) is 13.1 Å². The minimum atomic E-state index is -3.77. The van der Waals surface area contributed by atoms with Crippen LogP contribution in [0.5, 0.6) is 0 Å². The van der Waals surface area contributed by atoms with Crippen molar-refractivity contribution in [1.29, 1.82) is 0 Å². The SMILES string of the molecule is Cc1nn(CCCNS(=O)(=O)c2cc(Cl)c(Cl)cc2Cl)cc1Cl. The summed E-state index contributed by atoms with van der Waals surface area (Å²) in [6.45, 7) is 2.55. The van der Waals surface area contributed by atoms with E-state index in [1.54, 1.807) is 17.8 Å². The highest BCUT2D eigenvalue weighted by Gasteiger charge is 2.19. The second-order valence-electron chi connectivity index (χ2n) is 4.77. The quantitative estimate of drug-likeness (QED) is 0.567. The second kappa shape index (κ2) is 7.59. The molecule has 0 unspecified atom stereocenters. The summed E-state index contributed by atoms with van der Waals surface area (Å²) in [4.78, 5) is -0.105. The van der Waals surface area contributed by atoms with Crippen molar-refractivity contribution in [2.45, 2.75) is 24.8 Å². The minimum absolute atomic E-state index is 0.0152.